The predicted molar refractivity (Wildman–Crippen MR) is 359 cm³/mol. The highest BCUT2D eigenvalue weighted by atomic mass is 79.9. The molecule has 9 aliphatic rings. The molecule has 9 aliphatic carbocycles. The Bertz CT molecular complexity index is 5710. The summed E-state index contributed by atoms with van der Waals surface area (Å²) in [5.41, 5.74) is 7.91. The van der Waals surface area contributed by atoms with Crippen LogP contribution in [-0.4, -0.2) is 24.6 Å². The SMILES string of the molecule is O=C1C2CC3CC(C2)CC1C3.[2H]c1c([2H])c([2H])c2c(c1[2H])-c1c([2H])c([2H])c([2H])c([2H])c1C2c1ccc2c(c1)c1ccccc1n2-c1ccccc1Br.[2H]c1c([2H])c([2H])c2c(c1[2H])c1c([2H])c([2H])c([2H])c([2H])c1n2-c1ccc2c(c1)c1ccccc1n2-c1ccccc1C1(O)C2CC3CC(C2)CC1C3. The summed E-state index contributed by atoms with van der Waals surface area (Å²) in [5, 5.41) is 16.6. The summed E-state index contributed by atoms with van der Waals surface area (Å²) >= 11 is 3.68. The molecule has 13 aromatic rings. The number of fused-ring (bicyclic) bond motifs is 12. The minimum Gasteiger partial charge on any atom is -0.385 e. The lowest BCUT2D eigenvalue weighted by molar-refractivity contribution is -0.179. The first-order valence-electron chi connectivity index (χ1n) is 38.9. The number of hydrogen-bond donors (Lipinski definition) is 1. The number of nitrogens with zero attached hydrogens (tertiary/aromatic N) is 3. The van der Waals surface area contributed by atoms with Gasteiger partial charge in [-0.25, -0.2) is 0 Å². The van der Waals surface area contributed by atoms with Crippen molar-refractivity contribution in [3.63, 3.8) is 0 Å². The van der Waals surface area contributed by atoms with E-state index in [0.717, 1.165) is 103 Å². The zero-order valence-electron chi connectivity index (χ0n) is 63.5. The maximum absolute atomic E-state index is 12.8. The number of halogens is 1. The van der Waals surface area contributed by atoms with Crippen molar-refractivity contribution in [1.29, 1.82) is 0 Å². The summed E-state index contributed by atoms with van der Waals surface area (Å²) < 4.78 is 145. The van der Waals surface area contributed by atoms with Crippen LogP contribution in [0.15, 0.2) is 235 Å². The molecule has 6 heteroatoms. The summed E-state index contributed by atoms with van der Waals surface area (Å²) in [5.74, 6) is 4.57. The second kappa shape index (κ2) is 20.1. The van der Waals surface area contributed by atoms with Crippen molar-refractivity contribution >= 4 is 87.1 Å². The van der Waals surface area contributed by atoms with E-state index in [2.05, 4.69) is 43.3 Å². The number of ketones is 1. The smallest absolute Gasteiger partial charge is 0.139 e. The van der Waals surface area contributed by atoms with E-state index >= 15 is 0 Å². The Balaban J connectivity index is 0.000000130. The van der Waals surface area contributed by atoms with Crippen LogP contribution in [0.4, 0.5) is 0 Å². The molecule has 0 saturated heterocycles. The molecule has 0 amide bonds. The first-order valence-corrected chi connectivity index (χ1v) is 31.6. The lowest BCUT2D eigenvalue weighted by atomic mass is 9.48. The van der Waals surface area contributed by atoms with Gasteiger partial charge in [-0.2, -0.15) is 0 Å². The summed E-state index contributed by atoms with van der Waals surface area (Å²) in [6.07, 6.45) is 12.0. The second-order valence-electron chi connectivity index (χ2n) is 25.8. The van der Waals surface area contributed by atoms with Crippen LogP contribution in [-0.2, 0) is 10.4 Å². The molecule has 3 heterocycles. The Labute approximate surface area is 538 Å². The lowest BCUT2D eigenvalue weighted by Crippen LogP contribution is -2.55. The summed E-state index contributed by atoms with van der Waals surface area (Å²) in [4.78, 5) is 11.6. The third kappa shape index (κ3) is 8.02. The predicted octanol–water partition coefficient (Wildman–Crippen LogP) is 20.2. The summed E-state index contributed by atoms with van der Waals surface area (Å²) in [6, 6.07) is 38.0. The van der Waals surface area contributed by atoms with E-state index in [1.165, 1.54) is 38.5 Å². The largest absolute Gasteiger partial charge is 0.385 e. The van der Waals surface area contributed by atoms with Gasteiger partial charge in [-0.1, -0.05) is 157 Å². The minimum absolute atomic E-state index is 0.0587. The molecule has 10 aromatic carbocycles. The van der Waals surface area contributed by atoms with E-state index in [4.69, 9.17) is 21.9 Å². The van der Waals surface area contributed by atoms with Gasteiger partial charge in [0, 0.05) is 65.8 Å². The molecular weight excluding hydrogens is 1130 g/mol. The molecule has 87 heavy (non-hydrogen) atoms. The van der Waals surface area contributed by atoms with Crippen LogP contribution in [0.5, 0.6) is 0 Å². The first kappa shape index (κ1) is 38.1. The van der Waals surface area contributed by atoms with E-state index in [-0.39, 0.29) is 104 Å². The van der Waals surface area contributed by atoms with Crippen molar-refractivity contribution in [2.75, 3.05) is 0 Å². The summed E-state index contributed by atoms with van der Waals surface area (Å²) in [6.45, 7) is 0. The molecule has 0 radical (unpaired) electrons. The van der Waals surface area contributed by atoms with E-state index in [0.29, 0.717) is 40.7 Å². The first-order chi connectivity index (χ1) is 49.5. The van der Waals surface area contributed by atoms with Crippen molar-refractivity contribution in [2.24, 2.45) is 47.3 Å². The third-order valence-corrected chi connectivity index (χ3v) is 21.9. The van der Waals surface area contributed by atoms with Crippen LogP contribution in [0, 0.1) is 47.3 Å². The van der Waals surface area contributed by atoms with Gasteiger partial charge in [-0.3, -0.25) is 4.79 Å². The molecule has 8 bridgehead atoms. The third-order valence-electron chi connectivity index (χ3n) is 21.2. The number of carbonyl (C=O) groups is 1. The number of aromatic nitrogens is 3. The van der Waals surface area contributed by atoms with Crippen LogP contribution < -0.4 is 0 Å². The van der Waals surface area contributed by atoms with Gasteiger partial charge < -0.3 is 18.8 Å². The van der Waals surface area contributed by atoms with Gasteiger partial charge in [-0.05, 0) is 216 Å². The molecule has 8 fully saturated rings. The van der Waals surface area contributed by atoms with Gasteiger partial charge in [0.2, 0.25) is 0 Å². The highest BCUT2D eigenvalue weighted by molar-refractivity contribution is 9.10. The molecule has 0 atom stereocenters. The van der Waals surface area contributed by atoms with Crippen LogP contribution in [0.25, 0.3) is 93.6 Å². The highest BCUT2D eigenvalue weighted by Gasteiger charge is 2.58. The van der Waals surface area contributed by atoms with Crippen LogP contribution in [0.1, 0.15) is 114 Å². The molecule has 0 unspecified atom stereocenters. The quantitative estimate of drug-likeness (QED) is 0.187. The van der Waals surface area contributed by atoms with Crippen LogP contribution in [0.2, 0.25) is 0 Å². The van der Waals surface area contributed by atoms with E-state index in [9.17, 15) is 9.90 Å². The monoisotopic (exact) mass is 1210 g/mol. The van der Waals surface area contributed by atoms with Gasteiger partial charge in [0.1, 0.15) is 5.78 Å². The normalized spacial score (nSPS) is 27.3. The Kier molecular flexibility index (Phi) is 8.81. The number of para-hydroxylation sites is 6. The van der Waals surface area contributed by atoms with Crippen molar-refractivity contribution in [1.82, 2.24) is 13.7 Å². The highest BCUT2D eigenvalue weighted by Crippen LogP contribution is 2.63. The minimum atomic E-state index is -0.920. The fraction of sp³-hybridized carbons (Fsp3) is 0.247. The zero-order valence-corrected chi connectivity index (χ0v) is 49.1. The standard InChI is InChI=1S/C40H34N2O.C31H20BrN.C10H14O/c43-40(27-20-25-19-26(22-27)23-28(40)21-25)34-12-4-8-16-39(34)42-37-15-7-3-11-32(37)33-24-29(17-18-38(33)42)41-35-13-5-1-9-30(35)31-10-2-6-14-36(31)41;32-27-14-6-8-16-30(27)33-28-15-7-5-11-23(28)26-19-20(17-18-29(26)33)31-24-12-3-1-9-21(24)22-10-2-4-13-25(22)31;11-10-8-2-6-1-7(4-8)5-9(10)3-6/h1-18,24-28,43H,19-23H2;1-19,31H;6-9H,1-5H2/i1D,2D,5D,6D,9D,10D,13D,14D;1D,2D,3D,4D,9D,10D,12D,13D;. The fourth-order valence-electron chi connectivity index (χ4n) is 18.0. The second-order valence-corrected chi connectivity index (χ2v) is 26.6. The number of rotatable bonds is 5. The maximum Gasteiger partial charge on any atom is 0.139 e. The van der Waals surface area contributed by atoms with Gasteiger partial charge in [0.15, 0.2) is 0 Å². The number of carbonyl (C=O) groups excluding carboxylic acids is 1. The van der Waals surface area contributed by atoms with Gasteiger partial charge in [-0.15, -0.1) is 0 Å². The Morgan fingerprint density at radius 1 is 0.414 bits per heavy atom. The van der Waals surface area contributed by atoms with E-state index < -0.39 is 59.9 Å². The molecule has 1 N–H and O–H groups in total. The Morgan fingerprint density at radius 3 is 1.47 bits per heavy atom. The topological polar surface area (TPSA) is 52.1 Å². The van der Waals surface area contributed by atoms with Crippen LogP contribution >= 0.6 is 15.9 Å². The van der Waals surface area contributed by atoms with Crippen molar-refractivity contribution in [2.45, 2.75) is 75.7 Å². The van der Waals surface area contributed by atoms with Crippen molar-refractivity contribution in [3.8, 4) is 28.2 Å². The van der Waals surface area contributed by atoms with E-state index in [1.54, 1.807) is 4.57 Å². The molecule has 8 saturated carbocycles. The van der Waals surface area contributed by atoms with Crippen LogP contribution in [0.3, 0.4) is 0 Å². The molecule has 3 aromatic heterocycles. The molecule has 5 nitrogen and oxygen atoms in total. The number of hydrogen-bond acceptors (Lipinski definition) is 2. The Morgan fingerprint density at radius 2 is 0.874 bits per heavy atom. The summed E-state index contributed by atoms with van der Waals surface area (Å²) in [7, 11) is 0. The number of aliphatic hydroxyl groups is 1. The van der Waals surface area contributed by atoms with Gasteiger partial charge >= 0.3 is 0 Å². The lowest BCUT2D eigenvalue weighted by Gasteiger charge is -2.59. The van der Waals surface area contributed by atoms with Crippen molar-refractivity contribution < 1.29 is 31.8 Å². The van der Waals surface area contributed by atoms with Gasteiger partial charge in [0.25, 0.3) is 0 Å². The fourth-order valence-corrected chi connectivity index (χ4v) is 18.5. The molecule has 0 spiro atoms. The molecule has 0 aliphatic heterocycles. The number of Topliss-reactive ketones (excluding diaryl/α,β-unsaturated/α-hetero) is 1. The zero-order chi connectivity index (χ0) is 71.6. The maximum atomic E-state index is 12.8. The van der Waals surface area contributed by atoms with Gasteiger partial charge in [0.05, 0.1) is 72.0 Å². The molecule has 22 rings (SSSR count). The average molecular weight is 1210 g/mol. The van der Waals surface area contributed by atoms with Crippen molar-refractivity contribution in [3.05, 3.63) is 257 Å². The van der Waals surface area contributed by atoms with E-state index in [1.807, 2.05) is 115 Å². The average Bonchev–Trinajstić information content (AvgIpc) is 1.66. The molecular formula is C81H68BrN3O2. The molecule has 426 valence electrons. The number of benzene rings is 10. The Hall–Kier alpha value is -8.29.